The molecule has 2 amide bonds. The summed E-state index contributed by atoms with van der Waals surface area (Å²) in [6.45, 7) is 2.44. The lowest BCUT2D eigenvalue weighted by Crippen LogP contribution is -2.45. The van der Waals surface area contributed by atoms with Crippen molar-refractivity contribution in [3.05, 3.63) is 35.9 Å². The van der Waals surface area contributed by atoms with Gasteiger partial charge in [-0.15, -0.1) is 0 Å². The molecule has 5 nitrogen and oxygen atoms in total. The fraction of sp³-hybridized carbons (Fsp3) is 0.500. The number of nitrogens with two attached hydrogens (primary N) is 1. The molecule has 3 N–H and O–H groups in total. The van der Waals surface area contributed by atoms with Crippen molar-refractivity contribution in [3.8, 4) is 0 Å². The molecule has 21 heavy (non-hydrogen) atoms. The minimum absolute atomic E-state index is 0.0102. The van der Waals surface area contributed by atoms with Crippen LogP contribution in [0.3, 0.4) is 0 Å². The van der Waals surface area contributed by atoms with E-state index in [0.717, 1.165) is 25.8 Å². The summed E-state index contributed by atoms with van der Waals surface area (Å²) in [4.78, 5) is 25.1. The molecule has 0 bridgehead atoms. The maximum Gasteiger partial charge on any atom is 0.234 e. The molecule has 2 rings (SSSR count). The first kappa shape index (κ1) is 15.5. The van der Waals surface area contributed by atoms with Crippen LogP contribution in [0.15, 0.2) is 30.3 Å². The highest BCUT2D eigenvalue weighted by atomic mass is 16.2. The number of primary amides is 1. The number of likely N-dealkylation sites (tertiary alicyclic amines) is 1. The Labute approximate surface area is 125 Å². The minimum Gasteiger partial charge on any atom is -0.369 e. The largest absolute Gasteiger partial charge is 0.369 e. The van der Waals surface area contributed by atoms with Crippen LogP contribution >= 0.6 is 0 Å². The molecule has 0 aliphatic carbocycles. The summed E-state index contributed by atoms with van der Waals surface area (Å²) in [6, 6.07) is 10.1. The number of piperidine rings is 1. The van der Waals surface area contributed by atoms with Gasteiger partial charge in [0.15, 0.2) is 0 Å². The Balaban J connectivity index is 1.68. The maximum atomic E-state index is 11.9. The third-order valence-corrected chi connectivity index (χ3v) is 3.85. The van der Waals surface area contributed by atoms with E-state index in [1.807, 2.05) is 35.2 Å². The molecule has 0 saturated carbocycles. The van der Waals surface area contributed by atoms with Crippen molar-refractivity contribution in [2.75, 3.05) is 26.2 Å². The number of amides is 2. The fourth-order valence-corrected chi connectivity index (χ4v) is 2.68. The minimum atomic E-state index is -0.260. The van der Waals surface area contributed by atoms with Gasteiger partial charge in [0.05, 0.1) is 12.5 Å². The number of carbonyl (C=O) groups is 2. The molecule has 1 atom stereocenters. The van der Waals surface area contributed by atoms with Gasteiger partial charge in [0, 0.05) is 13.1 Å². The van der Waals surface area contributed by atoms with Gasteiger partial charge < -0.3 is 11.1 Å². The first-order valence-electron chi connectivity index (χ1n) is 7.47. The van der Waals surface area contributed by atoms with Gasteiger partial charge >= 0.3 is 0 Å². The van der Waals surface area contributed by atoms with E-state index in [-0.39, 0.29) is 17.7 Å². The molecule has 1 aromatic carbocycles. The predicted molar refractivity (Wildman–Crippen MR) is 81.5 cm³/mol. The van der Waals surface area contributed by atoms with Crippen LogP contribution in [0.4, 0.5) is 0 Å². The lowest BCUT2D eigenvalue weighted by molar-refractivity contribution is -0.126. The summed E-state index contributed by atoms with van der Waals surface area (Å²) in [6.07, 6.45) is 2.59. The Kier molecular flexibility index (Phi) is 5.75. The monoisotopic (exact) mass is 289 g/mol. The van der Waals surface area contributed by atoms with Crippen LogP contribution in [-0.4, -0.2) is 42.9 Å². The summed E-state index contributed by atoms with van der Waals surface area (Å²) >= 11 is 0. The van der Waals surface area contributed by atoms with Crippen LogP contribution < -0.4 is 11.1 Å². The summed E-state index contributed by atoms with van der Waals surface area (Å²) < 4.78 is 0. The van der Waals surface area contributed by atoms with E-state index >= 15 is 0 Å². The van der Waals surface area contributed by atoms with Crippen LogP contribution in [0, 0.1) is 5.92 Å². The van der Waals surface area contributed by atoms with Gasteiger partial charge in [0.2, 0.25) is 11.8 Å². The van der Waals surface area contributed by atoms with E-state index in [1.54, 1.807) is 0 Å². The topological polar surface area (TPSA) is 75.4 Å². The Hall–Kier alpha value is -1.88. The van der Waals surface area contributed by atoms with E-state index in [0.29, 0.717) is 19.6 Å². The van der Waals surface area contributed by atoms with Crippen molar-refractivity contribution in [1.82, 2.24) is 10.2 Å². The average Bonchev–Trinajstić information content (AvgIpc) is 2.48. The third kappa shape index (κ3) is 5.19. The van der Waals surface area contributed by atoms with E-state index in [9.17, 15) is 9.59 Å². The standard InChI is InChI=1S/C16H23N3O2/c17-16(21)14-7-4-10-19(11-14)12-15(20)18-9-8-13-5-2-1-3-6-13/h1-3,5-6,14H,4,7-12H2,(H2,17,21)(H,18,20)/t14-/m1/s1. The normalized spacial score (nSPS) is 19.1. The number of nitrogens with zero attached hydrogens (tertiary/aromatic N) is 1. The van der Waals surface area contributed by atoms with E-state index in [4.69, 9.17) is 5.73 Å². The Morgan fingerprint density at radius 1 is 1.29 bits per heavy atom. The summed E-state index contributed by atoms with van der Waals surface area (Å²) in [5, 5.41) is 2.93. The summed E-state index contributed by atoms with van der Waals surface area (Å²) in [5.41, 5.74) is 6.55. The van der Waals surface area contributed by atoms with E-state index in [1.165, 1.54) is 5.56 Å². The number of nitrogens with one attached hydrogen (secondary N) is 1. The molecule has 0 spiro atoms. The number of carbonyl (C=O) groups excluding carboxylic acids is 2. The lowest BCUT2D eigenvalue weighted by atomic mass is 9.97. The Bertz CT molecular complexity index is 476. The molecule has 1 aliphatic rings. The highest BCUT2D eigenvalue weighted by molar-refractivity contribution is 5.79. The van der Waals surface area contributed by atoms with Crippen LogP contribution in [0.2, 0.25) is 0 Å². The van der Waals surface area contributed by atoms with Crippen LogP contribution in [0.1, 0.15) is 18.4 Å². The van der Waals surface area contributed by atoms with Crippen molar-refractivity contribution < 1.29 is 9.59 Å². The second kappa shape index (κ2) is 7.78. The van der Waals surface area contributed by atoms with Crippen molar-refractivity contribution >= 4 is 11.8 Å². The molecular weight excluding hydrogens is 266 g/mol. The van der Waals surface area contributed by atoms with Gasteiger partial charge in [0.25, 0.3) is 0 Å². The highest BCUT2D eigenvalue weighted by Crippen LogP contribution is 2.15. The second-order valence-electron chi connectivity index (χ2n) is 5.56. The summed E-state index contributed by atoms with van der Waals surface area (Å²) in [5.74, 6) is -0.365. The van der Waals surface area contributed by atoms with Crippen LogP contribution in [0.5, 0.6) is 0 Å². The number of benzene rings is 1. The van der Waals surface area contributed by atoms with E-state index in [2.05, 4.69) is 5.32 Å². The van der Waals surface area contributed by atoms with Crippen molar-refractivity contribution in [3.63, 3.8) is 0 Å². The molecule has 0 aromatic heterocycles. The van der Waals surface area contributed by atoms with Gasteiger partial charge in [-0.2, -0.15) is 0 Å². The molecule has 1 aliphatic heterocycles. The first-order chi connectivity index (χ1) is 10.1. The van der Waals surface area contributed by atoms with Crippen LogP contribution in [0.25, 0.3) is 0 Å². The molecule has 1 aromatic rings. The quantitative estimate of drug-likeness (QED) is 0.802. The van der Waals surface area contributed by atoms with Crippen LogP contribution in [-0.2, 0) is 16.0 Å². The second-order valence-corrected chi connectivity index (χ2v) is 5.56. The first-order valence-corrected chi connectivity index (χ1v) is 7.47. The predicted octanol–water partition coefficient (Wildman–Crippen LogP) is 0.543. The van der Waals surface area contributed by atoms with Gasteiger partial charge in [0.1, 0.15) is 0 Å². The smallest absolute Gasteiger partial charge is 0.234 e. The third-order valence-electron chi connectivity index (χ3n) is 3.85. The van der Waals surface area contributed by atoms with Gasteiger partial charge in [-0.05, 0) is 31.4 Å². The van der Waals surface area contributed by atoms with Crippen molar-refractivity contribution in [2.24, 2.45) is 11.7 Å². The van der Waals surface area contributed by atoms with Crippen molar-refractivity contribution in [1.29, 1.82) is 0 Å². The molecule has 5 heteroatoms. The van der Waals surface area contributed by atoms with Gasteiger partial charge in [-0.3, -0.25) is 14.5 Å². The zero-order valence-electron chi connectivity index (χ0n) is 12.3. The molecule has 1 saturated heterocycles. The molecule has 114 valence electrons. The van der Waals surface area contributed by atoms with Gasteiger partial charge in [-0.25, -0.2) is 0 Å². The number of hydrogen-bond acceptors (Lipinski definition) is 3. The maximum absolute atomic E-state index is 11.9. The highest BCUT2D eigenvalue weighted by Gasteiger charge is 2.24. The number of hydrogen-bond donors (Lipinski definition) is 2. The molecule has 1 heterocycles. The van der Waals surface area contributed by atoms with Crippen molar-refractivity contribution in [2.45, 2.75) is 19.3 Å². The zero-order valence-corrected chi connectivity index (χ0v) is 12.3. The van der Waals surface area contributed by atoms with E-state index < -0.39 is 0 Å². The Morgan fingerprint density at radius 2 is 2.05 bits per heavy atom. The average molecular weight is 289 g/mol. The molecule has 0 radical (unpaired) electrons. The lowest BCUT2D eigenvalue weighted by Gasteiger charge is -2.30. The summed E-state index contributed by atoms with van der Waals surface area (Å²) in [7, 11) is 0. The Morgan fingerprint density at radius 3 is 2.76 bits per heavy atom. The van der Waals surface area contributed by atoms with Gasteiger partial charge in [-0.1, -0.05) is 30.3 Å². The molecule has 0 unspecified atom stereocenters. The number of rotatable bonds is 6. The molecular formula is C16H23N3O2. The molecule has 1 fully saturated rings. The zero-order chi connectivity index (χ0) is 15.1. The fourth-order valence-electron chi connectivity index (χ4n) is 2.68. The SMILES string of the molecule is NC(=O)[C@@H]1CCCN(CC(=O)NCCc2ccccc2)C1.